The topological polar surface area (TPSA) is 36.3 Å². The van der Waals surface area contributed by atoms with Gasteiger partial charge in [-0.2, -0.15) is 5.10 Å². The Hall–Kier alpha value is -1.07. The van der Waals surface area contributed by atoms with E-state index in [9.17, 15) is 0 Å². The SMILES string of the molecule is CC(C)=CCn1cc(B2OC(C)(C)C(C)(C)O2)cn1. The molecule has 0 saturated carbocycles. The maximum atomic E-state index is 6.00. The third kappa shape index (κ3) is 2.93. The molecule has 1 aromatic heterocycles. The van der Waals surface area contributed by atoms with E-state index in [1.54, 1.807) is 0 Å². The Kier molecular flexibility index (Phi) is 3.62. The molecule has 1 fully saturated rings. The number of nitrogens with zero attached hydrogens (tertiary/aromatic N) is 2. The molecule has 1 saturated heterocycles. The van der Waals surface area contributed by atoms with Crippen LogP contribution in [0.5, 0.6) is 0 Å². The highest BCUT2D eigenvalue weighted by Crippen LogP contribution is 2.36. The summed E-state index contributed by atoms with van der Waals surface area (Å²) in [7, 11) is -0.328. The zero-order chi connectivity index (χ0) is 14.3. The van der Waals surface area contributed by atoms with Gasteiger partial charge in [0, 0.05) is 17.9 Å². The molecular formula is C14H23BN2O2. The minimum Gasteiger partial charge on any atom is -0.399 e. The van der Waals surface area contributed by atoms with Crippen molar-refractivity contribution < 1.29 is 9.31 Å². The van der Waals surface area contributed by atoms with Crippen LogP contribution in [-0.4, -0.2) is 28.1 Å². The lowest BCUT2D eigenvalue weighted by molar-refractivity contribution is 0.00578. The average molecular weight is 262 g/mol. The van der Waals surface area contributed by atoms with E-state index in [0.717, 1.165) is 12.0 Å². The van der Waals surface area contributed by atoms with Gasteiger partial charge in [-0.1, -0.05) is 11.6 Å². The highest BCUT2D eigenvalue weighted by Gasteiger charge is 2.52. The minimum atomic E-state index is -0.328. The molecule has 0 bridgehead atoms. The molecule has 104 valence electrons. The van der Waals surface area contributed by atoms with Crippen molar-refractivity contribution in [2.75, 3.05) is 0 Å². The van der Waals surface area contributed by atoms with Gasteiger partial charge in [0.25, 0.3) is 0 Å². The van der Waals surface area contributed by atoms with Gasteiger partial charge in [0.1, 0.15) is 0 Å². The van der Waals surface area contributed by atoms with Crippen LogP contribution in [0.4, 0.5) is 0 Å². The normalized spacial score (nSPS) is 20.6. The first kappa shape index (κ1) is 14.3. The van der Waals surface area contributed by atoms with Crippen molar-refractivity contribution in [3.63, 3.8) is 0 Å². The number of aromatic nitrogens is 2. The molecule has 0 N–H and O–H groups in total. The molecule has 0 aliphatic carbocycles. The summed E-state index contributed by atoms with van der Waals surface area (Å²) >= 11 is 0. The standard InChI is InChI=1S/C14H23BN2O2/c1-11(2)7-8-17-10-12(9-16-17)15-18-13(3,4)14(5,6)19-15/h7,9-10H,8H2,1-6H3. The quantitative estimate of drug-likeness (QED) is 0.618. The van der Waals surface area contributed by atoms with Crippen LogP contribution in [0.1, 0.15) is 41.5 Å². The molecule has 2 heterocycles. The predicted molar refractivity (Wildman–Crippen MR) is 77.4 cm³/mol. The summed E-state index contributed by atoms with van der Waals surface area (Å²) in [5.41, 5.74) is 1.65. The second kappa shape index (κ2) is 4.80. The van der Waals surface area contributed by atoms with Crippen LogP contribution in [0.3, 0.4) is 0 Å². The first-order chi connectivity index (χ1) is 8.71. The van der Waals surface area contributed by atoms with E-state index in [1.165, 1.54) is 5.57 Å². The zero-order valence-electron chi connectivity index (χ0n) is 12.7. The average Bonchev–Trinajstić information content (AvgIpc) is 2.79. The molecule has 1 aliphatic heterocycles. The van der Waals surface area contributed by atoms with Crippen LogP contribution in [0.2, 0.25) is 0 Å². The van der Waals surface area contributed by atoms with Crippen LogP contribution < -0.4 is 5.46 Å². The van der Waals surface area contributed by atoms with E-state index in [-0.39, 0.29) is 18.3 Å². The zero-order valence-corrected chi connectivity index (χ0v) is 12.7. The Bertz CT molecular complexity index is 471. The summed E-state index contributed by atoms with van der Waals surface area (Å²) in [6.07, 6.45) is 5.95. The van der Waals surface area contributed by atoms with Crippen molar-refractivity contribution in [1.29, 1.82) is 0 Å². The van der Waals surface area contributed by atoms with Crippen LogP contribution in [0, 0.1) is 0 Å². The maximum absolute atomic E-state index is 6.00. The molecule has 2 rings (SSSR count). The Labute approximate surface area is 115 Å². The van der Waals surface area contributed by atoms with Crippen molar-refractivity contribution in [1.82, 2.24) is 9.78 Å². The Morgan fingerprint density at radius 2 is 1.84 bits per heavy atom. The molecular weight excluding hydrogens is 239 g/mol. The predicted octanol–water partition coefficient (Wildman–Crippen LogP) is 2.15. The first-order valence-corrected chi connectivity index (χ1v) is 6.73. The molecule has 1 aliphatic rings. The summed E-state index contributed by atoms with van der Waals surface area (Å²) in [6.45, 7) is 13.2. The minimum absolute atomic E-state index is 0.306. The molecule has 0 aromatic carbocycles. The molecule has 1 aromatic rings. The lowest BCUT2D eigenvalue weighted by Crippen LogP contribution is -2.41. The third-order valence-electron chi connectivity index (χ3n) is 3.87. The summed E-state index contributed by atoms with van der Waals surface area (Å²) in [5.74, 6) is 0. The fraction of sp³-hybridized carbons (Fsp3) is 0.643. The van der Waals surface area contributed by atoms with Crippen molar-refractivity contribution in [3.8, 4) is 0 Å². The van der Waals surface area contributed by atoms with Crippen LogP contribution in [-0.2, 0) is 15.9 Å². The van der Waals surface area contributed by atoms with E-state index in [2.05, 4.69) is 52.7 Å². The van der Waals surface area contributed by atoms with Crippen molar-refractivity contribution >= 4 is 12.6 Å². The van der Waals surface area contributed by atoms with Gasteiger partial charge >= 0.3 is 7.12 Å². The van der Waals surface area contributed by atoms with Crippen molar-refractivity contribution in [2.24, 2.45) is 0 Å². The fourth-order valence-electron chi connectivity index (χ4n) is 1.86. The van der Waals surface area contributed by atoms with E-state index in [1.807, 2.05) is 17.1 Å². The number of allylic oxidation sites excluding steroid dienone is 2. The smallest absolute Gasteiger partial charge is 0.399 e. The Balaban J connectivity index is 2.11. The second-order valence-corrected chi connectivity index (χ2v) is 6.37. The number of rotatable bonds is 3. The molecule has 19 heavy (non-hydrogen) atoms. The molecule has 0 amide bonds. The van der Waals surface area contributed by atoms with E-state index < -0.39 is 0 Å². The maximum Gasteiger partial charge on any atom is 0.498 e. The van der Waals surface area contributed by atoms with Crippen LogP contribution in [0.15, 0.2) is 24.0 Å². The second-order valence-electron chi connectivity index (χ2n) is 6.37. The third-order valence-corrected chi connectivity index (χ3v) is 3.87. The molecule has 4 nitrogen and oxygen atoms in total. The molecule has 0 spiro atoms. The van der Waals surface area contributed by atoms with E-state index >= 15 is 0 Å². The van der Waals surface area contributed by atoms with Gasteiger partial charge in [-0.05, 0) is 41.5 Å². The van der Waals surface area contributed by atoms with Gasteiger partial charge in [-0.3, -0.25) is 4.68 Å². The number of hydrogen-bond donors (Lipinski definition) is 0. The van der Waals surface area contributed by atoms with Gasteiger partial charge < -0.3 is 9.31 Å². The van der Waals surface area contributed by atoms with Crippen molar-refractivity contribution in [3.05, 3.63) is 24.0 Å². The molecule has 5 heteroatoms. The first-order valence-electron chi connectivity index (χ1n) is 6.73. The van der Waals surface area contributed by atoms with Crippen LogP contribution >= 0.6 is 0 Å². The Morgan fingerprint density at radius 1 is 1.26 bits per heavy atom. The Morgan fingerprint density at radius 3 is 2.37 bits per heavy atom. The highest BCUT2D eigenvalue weighted by molar-refractivity contribution is 6.61. The molecule has 0 radical (unpaired) electrons. The summed E-state index contributed by atoms with van der Waals surface area (Å²) < 4.78 is 13.9. The lowest BCUT2D eigenvalue weighted by atomic mass is 9.82. The largest absolute Gasteiger partial charge is 0.498 e. The van der Waals surface area contributed by atoms with Gasteiger partial charge in [-0.25, -0.2) is 0 Å². The van der Waals surface area contributed by atoms with E-state index in [4.69, 9.17) is 9.31 Å². The van der Waals surface area contributed by atoms with Gasteiger partial charge in [0.05, 0.1) is 17.7 Å². The lowest BCUT2D eigenvalue weighted by Gasteiger charge is -2.32. The summed E-state index contributed by atoms with van der Waals surface area (Å²) in [5, 5.41) is 4.34. The van der Waals surface area contributed by atoms with Crippen LogP contribution in [0.25, 0.3) is 0 Å². The molecule has 0 unspecified atom stereocenters. The fourth-order valence-corrected chi connectivity index (χ4v) is 1.86. The number of hydrogen-bond acceptors (Lipinski definition) is 3. The van der Waals surface area contributed by atoms with Gasteiger partial charge in [0.15, 0.2) is 0 Å². The summed E-state index contributed by atoms with van der Waals surface area (Å²) in [4.78, 5) is 0. The van der Waals surface area contributed by atoms with E-state index in [0.29, 0.717) is 0 Å². The van der Waals surface area contributed by atoms with Gasteiger partial charge in [0.2, 0.25) is 0 Å². The monoisotopic (exact) mass is 262 g/mol. The molecule has 0 atom stereocenters. The highest BCUT2D eigenvalue weighted by atomic mass is 16.7. The van der Waals surface area contributed by atoms with Crippen molar-refractivity contribution in [2.45, 2.75) is 59.3 Å². The summed E-state index contributed by atoms with van der Waals surface area (Å²) in [6, 6.07) is 0. The van der Waals surface area contributed by atoms with Gasteiger partial charge in [-0.15, -0.1) is 0 Å².